The maximum Gasteiger partial charge on any atom is 0.200 e. The lowest BCUT2D eigenvalue weighted by atomic mass is 9.67. The van der Waals surface area contributed by atoms with Crippen LogP contribution in [0.1, 0.15) is 83.6 Å². The Morgan fingerprint density at radius 1 is 1.00 bits per heavy atom. The predicted octanol–water partition coefficient (Wildman–Crippen LogP) is 7.14. The fraction of sp³-hybridized carbons (Fsp3) is 0.667. The smallest absolute Gasteiger partial charge is 0.200 e. The molecule has 0 unspecified atom stereocenters. The third-order valence-electron chi connectivity index (χ3n) is 6.83. The second kappa shape index (κ2) is 9.28. The quantitative estimate of drug-likeness (QED) is 0.479. The monoisotopic (exact) mass is 392 g/mol. The molecule has 2 fully saturated rings. The van der Waals surface area contributed by atoms with Crippen molar-refractivity contribution in [3.63, 3.8) is 0 Å². The summed E-state index contributed by atoms with van der Waals surface area (Å²) in [6.45, 7) is 6.30. The Hall–Kier alpha value is -1.58. The van der Waals surface area contributed by atoms with Gasteiger partial charge >= 0.3 is 0 Å². The molecule has 0 saturated heterocycles. The van der Waals surface area contributed by atoms with Crippen LogP contribution in [0, 0.1) is 23.5 Å². The molecule has 0 spiro atoms. The van der Waals surface area contributed by atoms with Gasteiger partial charge in [-0.05, 0) is 102 Å². The van der Waals surface area contributed by atoms with Gasteiger partial charge in [0.1, 0.15) is 5.60 Å². The molecule has 4 heteroatoms. The molecule has 2 aliphatic carbocycles. The average molecular weight is 393 g/mol. The maximum absolute atomic E-state index is 14.5. The largest absolute Gasteiger partial charge is 0.496 e. The Balaban J connectivity index is 1.55. The maximum atomic E-state index is 14.5. The minimum Gasteiger partial charge on any atom is -0.496 e. The van der Waals surface area contributed by atoms with Crippen molar-refractivity contribution >= 4 is 0 Å². The first-order chi connectivity index (χ1) is 13.5. The molecular formula is C24H34F2O2. The SMILES string of the molecule is C/C=C/OC1(C)CCC(C2CCC(c3ccc(OCC)c(F)c3F)CC2)CC1. The van der Waals surface area contributed by atoms with Gasteiger partial charge in [0.15, 0.2) is 11.6 Å². The number of allylic oxidation sites excluding steroid dienone is 1. The minimum atomic E-state index is -0.839. The van der Waals surface area contributed by atoms with E-state index >= 15 is 0 Å². The third kappa shape index (κ3) is 4.69. The van der Waals surface area contributed by atoms with Gasteiger partial charge in [0.05, 0.1) is 12.9 Å². The summed E-state index contributed by atoms with van der Waals surface area (Å²) in [5.74, 6) is 0.0255. The summed E-state index contributed by atoms with van der Waals surface area (Å²) in [5, 5.41) is 0. The van der Waals surface area contributed by atoms with Crippen LogP contribution in [-0.4, -0.2) is 12.2 Å². The lowest BCUT2D eigenvalue weighted by molar-refractivity contribution is -0.0177. The molecule has 156 valence electrons. The molecule has 0 aromatic heterocycles. The fourth-order valence-electron chi connectivity index (χ4n) is 5.10. The Morgan fingerprint density at radius 2 is 1.64 bits per heavy atom. The highest BCUT2D eigenvalue weighted by Crippen LogP contribution is 2.46. The molecule has 0 heterocycles. The summed E-state index contributed by atoms with van der Waals surface area (Å²) in [7, 11) is 0. The van der Waals surface area contributed by atoms with Crippen molar-refractivity contribution in [2.45, 2.75) is 83.7 Å². The Kier molecular flexibility index (Phi) is 7.00. The number of rotatable bonds is 6. The molecule has 0 radical (unpaired) electrons. The highest BCUT2D eigenvalue weighted by atomic mass is 19.2. The van der Waals surface area contributed by atoms with E-state index in [0.29, 0.717) is 18.1 Å². The van der Waals surface area contributed by atoms with Gasteiger partial charge in [-0.2, -0.15) is 4.39 Å². The van der Waals surface area contributed by atoms with E-state index in [1.807, 2.05) is 19.3 Å². The van der Waals surface area contributed by atoms with E-state index < -0.39 is 11.6 Å². The van der Waals surface area contributed by atoms with Crippen LogP contribution < -0.4 is 4.74 Å². The predicted molar refractivity (Wildman–Crippen MR) is 108 cm³/mol. The summed E-state index contributed by atoms with van der Waals surface area (Å²) in [6, 6.07) is 3.30. The molecule has 1 aromatic carbocycles. The first-order valence-corrected chi connectivity index (χ1v) is 10.9. The molecule has 0 atom stereocenters. The van der Waals surface area contributed by atoms with E-state index in [0.717, 1.165) is 44.4 Å². The van der Waals surface area contributed by atoms with E-state index in [2.05, 4.69) is 6.92 Å². The van der Waals surface area contributed by atoms with Crippen molar-refractivity contribution in [2.24, 2.45) is 11.8 Å². The normalized spacial score (nSPS) is 31.1. The van der Waals surface area contributed by atoms with E-state index in [1.165, 1.54) is 12.8 Å². The number of hydrogen-bond donors (Lipinski definition) is 0. The van der Waals surface area contributed by atoms with Crippen LogP contribution >= 0.6 is 0 Å². The third-order valence-corrected chi connectivity index (χ3v) is 6.83. The Labute approximate surface area is 168 Å². The molecule has 0 bridgehead atoms. The number of hydrogen-bond acceptors (Lipinski definition) is 2. The molecule has 2 saturated carbocycles. The van der Waals surface area contributed by atoms with Crippen LogP contribution in [0.5, 0.6) is 5.75 Å². The standard InChI is InChI=1S/C24H34F2O2/c1-4-16-28-24(3)14-12-18(13-15-24)17-6-8-19(9-7-17)20-10-11-21(27-5-2)23(26)22(20)25/h4,10-11,16-19H,5-9,12-15H2,1-3H3/b16-4+. The van der Waals surface area contributed by atoms with Crippen LogP contribution in [0.25, 0.3) is 0 Å². The molecule has 0 aliphatic heterocycles. The van der Waals surface area contributed by atoms with E-state index in [1.54, 1.807) is 19.1 Å². The van der Waals surface area contributed by atoms with E-state index in [9.17, 15) is 8.78 Å². The Morgan fingerprint density at radius 3 is 2.25 bits per heavy atom. The number of halogens is 2. The van der Waals surface area contributed by atoms with E-state index in [4.69, 9.17) is 9.47 Å². The zero-order valence-electron chi connectivity index (χ0n) is 17.5. The zero-order valence-corrected chi connectivity index (χ0v) is 17.5. The lowest BCUT2D eigenvalue weighted by Gasteiger charge is -2.41. The van der Waals surface area contributed by atoms with Gasteiger partial charge in [-0.3, -0.25) is 0 Å². The van der Waals surface area contributed by atoms with E-state index in [-0.39, 0.29) is 17.3 Å². The topological polar surface area (TPSA) is 18.5 Å². The van der Waals surface area contributed by atoms with Gasteiger partial charge in [-0.25, -0.2) is 4.39 Å². The van der Waals surface area contributed by atoms with Crippen LogP contribution in [0.4, 0.5) is 8.78 Å². The van der Waals surface area contributed by atoms with Crippen molar-refractivity contribution in [3.8, 4) is 5.75 Å². The van der Waals surface area contributed by atoms with Gasteiger partial charge in [-0.15, -0.1) is 0 Å². The van der Waals surface area contributed by atoms with Gasteiger partial charge in [0, 0.05) is 0 Å². The van der Waals surface area contributed by atoms with Crippen LogP contribution in [0.2, 0.25) is 0 Å². The van der Waals surface area contributed by atoms with Crippen molar-refractivity contribution in [1.82, 2.24) is 0 Å². The second-order valence-corrected chi connectivity index (χ2v) is 8.70. The first-order valence-electron chi connectivity index (χ1n) is 10.9. The number of ether oxygens (including phenoxy) is 2. The molecule has 2 nitrogen and oxygen atoms in total. The first kappa shape index (κ1) is 21.1. The molecular weight excluding hydrogens is 358 g/mol. The lowest BCUT2D eigenvalue weighted by Crippen LogP contribution is -2.35. The molecule has 1 aromatic rings. The molecule has 0 amide bonds. The summed E-state index contributed by atoms with van der Waals surface area (Å²) in [4.78, 5) is 0. The van der Waals surface area contributed by atoms with Crippen LogP contribution in [0.15, 0.2) is 24.5 Å². The highest BCUT2D eigenvalue weighted by Gasteiger charge is 2.37. The molecule has 2 aliphatic rings. The van der Waals surface area contributed by atoms with Crippen LogP contribution in [0.3, 0.4) is 0 Å². The zero-order chi connectivity index (χ0) is 20.1. The fourth-order valence-corrected chi connectivity index (χ4v) is 5.10. The highest BCUT2D eigenvalue weighted by molar-refractivity contribution is 5.33. The van der Waals surface area contributed by atoms with Crippen molar-refractivity contribution < 1.29 is 18.3 Å². The summed E-state index contributed by atoms with van der Waals surface area (Å²) in [6.07, 6.45) is 12.5. The second-order valence-electron chi connectivity index (χ2n) is 8.70. The summed E-state index contributed by atoms with van der Waals surface area (Å²) >= 11 is 0. The summed E-state index contributed by atoms with van der Waals surface area (Å²) in [5.41, 5.74) is 0.499. The minimum absolute atomic E-state index is 0.0165. The molecule has 0 N–H and O–H groups in total. The van der Waals surface area contributed by atoms with Gasteiger partial charge in [-0.1, -0.05) is 12.1 Å². The molecule has 3 rings (SSSR count). The van der Waals surface area contributed by atoms with Crippen molar-refractivity contribution in [2.75, 3.05) is 6.61 Å². The van der Waals surface area contributed by atoms with Gasteiger partial charge in [0.25, 0.3) is 0 Å². The van der Waals surface area contributed by atoms with Crippen molar-refractivity contribution in [3.05, 3.63) is 41.7 Å². The summed E-state index contributed by atoms with van der Waals surface area (Å²) < 4.78 is 39.8. The van der Waals surface area contributed by atoms with Crippen LogP contribution in [-0.2, 0) is 4.74 Å². The average Bonchev–Trinajstić information content (AvgIpc) is 2.71. The van der Waals surface area contributed by atoms with Gasteiger partial charge < -0.3 is 9.47 Å². The Bertz CT molecular complexity index is 669. The van der Waals surface area contributed by atoms with Crippen molar-refractivity contribution in [1.29, 1.82) is 0 Å². The molecule has 28 heavy (non-hydrogen) atoms. The van der Waals surface area contributed by atoms with Gasteiger partial charge in [0.2, 0.25) is 5.82 Å². The number of benzene rings is 1.